The number of fused-ring (bicyclic) bond motifs is 2. The Labute approximate surface area is 186 Å². The lowest BCUT2D eigenvalue weighted by molar-refractivity contribution is -0.716. The van der Waals surface area contributed by atoms with Crippen molar-refractivity contribution in [2.24, 2.45) is 0 Å². The Kier molecular flexibility index (Phi) is 6.42. The zero-order chi connectivity index (χ0) is 17.3. The molecule has 0 saturated carbocycles. The fourth-order valence-corrected chi connectivity index (χ4v) is 4.16. The Morgan fingerprint density at radius 3 is 0.964 bits per heavy atom. The van der Waals surface area contributed by atoms with Crippen molar-refractivity contribution in [1.82, 2.24) is 0 Å². The van der Waals surface area contributed by atoms with Crippen molar-refractivity contribution < 1.29 is 43.1 Å². The summed E-state index contributed by atoms with van der Waals surface area (Å²) in [5, 5.41) is 0. The number of rotatable bonds is 2. The summed E-state index contributed by atoms with van der Waals surface area (Å²) in [5.41, 5.74) is 5.46. The maximum Gasteiger partial charge on any atom is 0.209 e. The van der Waals surface area contributed by atoms with Gasteiger partial charge >= 0.3 is 0 Å². The second kappa shape index (κ2) is 8.80. The van der Waals surface area contributed by atoms with E-state index in [4.69, 9.17) is 0 Å². The first-order valence-electron chi connectivity index (χ1n) is 9.03. The smallest absolute Gasteiger partial charge is 0.209 e. The molecule has 0 spiro atoms. The van der Waals surface area contributed by atoms with Gasteiger partial charge in [-0.05, 0) is 0 Å². The van der Waals surface area contributed by atoms with Crippen molar-refractivity contribution in [1.29, 1.82) is 0 Å². The van der Waals surface area contributed by atoms with Crippen LogP contribution in [-0.2, 0) is 0 Å². The third-order valence-electron chi connectivity index (χ3n) is 5.24. The molecule has 0 fully saturated rings. The van der Waals surface area contributed by atoms with Crippen LogP contribution in [0.25, 0.3) is 0 Å². The van der Waals surface area contributed by atoms with Crippen molar-refractivity contribution >= 4 is 0 Å². The van der Waals surface area contributed by atoms with Gasteiger partial charge in [0.15, 0.2) is 24.8 Å². The van der Waals surface area contributed by atoms with E-state index in [9.17, 15) is 0 Å². The highest BCUT2D eigenvalue weighted by molar-refractivity contribution is 5.49. The van der Waals surface area contributed by atoms with E-state index in [-0.39, 0.29) is 46.0 Å². The van der Waals surface area contributed by atoms with Gasteiger partial charge in [0, 0.05) is 46.5 Å². The highest BCUT2D eigenvalue weighted by atomic mass is 79.9. The number of benzene rings is 2. The van der Waals surface area contributed by atoms with Crippen LogP contribution in [0.3, 0.4) is 0 Å². The molecule has 0 bridgehead atoms. The van der Waals surface area contributed by atoms with Crippen LogP contribution in [0, 0.1) is 0 Å². The molecular formula is C24H20Br2N2. The van der Waals surface area contributed by atoms with Gasteiger partial charge in [0.25, 0.3) is 0 Å². The lowest BCUT2D eigenvalue weighted by atomic mass is 9.79. The molecule has 0 N–H and O–H groups in total. The highest BCUT2D eigenvalue weighted by Crippen LogP contribution is 2.40. The summed E-state index contributed by atoms with van der Waals surface area (Å²) in [4.78, 5) is 0. The van der Waals surface area contributed by atoms with Gasteiger partial charge < -0.3 is 34.0 Å². The van der Waals surface area contributed by atoms with E-state index < -0.39 is 0 Å². The zero-order valence-electron chi connectivity index (χ0n) is 15.2. The molecule has 4 heteroatoms. The Hall–Kier alpha value is -2.30. The van der Waals surface area contributed by atoms with Crippen molar-refractivity contribution in [3.63, 3.8) is 0 Å². The molecule has 2 aromatic carbocycles. The highest BCUT2D eigenvalue weighted by Gasteiger charge is 2.40. The molecule has 0 unspecified atom stereocenters. The standard InChI is InChI=1S/C24H20N2.2BrH/c1-7-15-25(16-8-1)23-19-11-3-5-13-21(19)24(26-17-9-2-10-18-26)22-14-6-4-12-20(22)23;;/h1-18,23-24H;2*1H/q+2;;/p-2. The van der Waals surface area contributed by atoms with Gasteiger partial charge in [-0.2, -0.15) is 9.13 Å². The van der Waals surface area contributed by atoms with E-state index in [1.54, 1.807) is 0 Å². The molecule has 0 aliphatic heterocycles. The van der Waals surface area contributed by atoms with E-state index in [1.165, 1.54) is 22.3 Å². The summed E-state index contributed by atoms with van der Waals surface area (Å²) in [6.45, 7) is 0. The first kappa shape index (κ1) is 20.4. The number of halogens is 2. The molecule has 2 aromatic heterocycles. The predicted octanol–water partition coefficient (Wildman–Crippen LogP) is -2.14. The van der Waals surface area contributed by atoms with Gasteiger partial charge in [0.1, 0.15) is 0 Å². The van der Waals surface area contributed by atoms with Crippen LogP contribution in [-0.4, -0.2) is 0 Å². The first-order valence-corrected chi connectivity index (χ1v) is 9.03. The number of hydrogen-bond acceptors (Lipinski definition) is 0. The third-order valence-corrected chi connectivity index (χ3v) is 5.24. The van der Waals surface area contributed by atoms with Crippen LogP contribution in [0.5, 0.6) is 0 Å². The van der Waals surface area contributed by atoms with Gasteiger partial charge in [0.2, 0.25) is 12.1 Å². The maximum atomic E-state index is 2.31. The fraction of sp³-hybridized carbons (Fsp3) is 0.0833. The van der Waals surface area contributed by atoms with Crippen molar-refractivity contribution in [2.75, 3.05) is 0 Å². The van der Waals surface area contributed by atoms with Crippen molar-refractivity contribution in [3.8, 4) is 0 Å². The molecule has 5 rings (SSSR count). The monoisotopic (exact) mass is 494 g/mol. The van der Waals surface area contributed by atoms with Gasteiger partial charge in [-0.3, -0.25) is 0 Å². The van der Waals surface area contributed by atoms with E-state index >= 15 is 0 Å². The molecule has 4 aromatic rings. The van der Waals surface area contributed by atoms with Crippen LogP contribution in [0.4, 0.5) is 0 Å². The van der Waals surface area contributed by atoms with E-state index in [0.717, 1.165) is 0 Å². The normalized spacial score (nSPS) is 16.7. The Balaban J connectivity index is 0.00000112. The largest absolute Gasteiger partial charge is 1.00 e. The van der Waals surface area contributed by atoms with Crippen molar-refractivity contribution in [3.05, 3.63) is 132 Å². The van der Waals surface area contributed by atoms with Gasteiger partial charge in [-0.1, -0.05) is 60.7 Å². The summed E-state index contributed by atoms with van der Waals surface area (Å²) < 4.78 is 4.62. The average molecular weight is 496 g/mol. The molecule has 28 heavy (non-hydrogen) atoms. The Morgan fingerprint density at radius 2 is 0.679 bits per heavy atom. The van der Waals surface area contributed by atoms with Gasteiger partial charge in [-0.15, -0.1) is 0 Å². The molecule has 140 valence electrons. The number of pyridine rings is 2. The van der Waals surface area contributed by atoms with Gasteiger partial charge in [-0.25, -0.2) is 0 Å². The van der Waals surface area contributed by atoms with Crippen LogP contribution in [0.1, 0.15) is 34.3 Å². The summed E-state index contributed by atoms with van der Waals surface area (Å²) >= 11 is 0. The summed E-state index contributed by atoms with van der Waals surface area (Å²) in [6.07, 6.45) is 8.64. The second-order valence-corrected chi connectivity index (χ2v) is 6.71. The van der Waals surface area contributed by atoms with Crippen molar-refractivity contribution in [2.45, 2.75) is 12.1 Å². The lowest BCUT2D eigenvalue weighted by Crippen LogP contribution is -3.00. The van der Waals surface area contributed by atoms with Gasteiger partial charge in [0.05, 0.1) is 0 Å². The average Bonchev–Trinajstić information content (AvgIpc) is 2.73. The van der Waals surface area contributed by atoms with E-state index in [0.29, 0.717) is 0 Å². The van der Waals surface area contributed by atoms with Crippen LogP contribution in [0.15, 0.2) is 110 Å². The Morgan fingerprint density at radius 1 is 0.393 bits per heavy atom. The summed E-state index contributed by atoms with van der Waals surface area (Å²) in [7, 11) is 0. The number of hydrogen-bond donors (Lipinski definition) is 0. The topological polar surface area (TPSA) is 7.76 Å². The maximum absolute atomic E-state index is 2.31. The minimum atomic E-state index is 0. The molecule has 0 amide bonds. The van der Waals surface area contributed by atoms with Crippen LogP contribution < -0.4 is 43.1 Å². The predicted molar refractivity (Wildman–Crippen MR) is 101 cm³/mol. The minimum absolute atomic E-state index is 0. The molecule has 1 aliphatic rings. The quantitative estimate of drug-likeness (QED) is 0.247. The van der Waals surface area contributed by atoms with E-state index in [2.05, 4.69) is 119 Å². The molecule has 0 saturated heterocycles. The third kappa shape index (κ3) is 3.43. The number of aromatic nitrogens is 2. The molecule has 0 atom stereocenters. The summed E-state index contributed by atoms with van der Waals surface area (Å²) in [5.74, 6) is 0. The zero-order valence-corrected chi connectivity index (χ0v) is 18.4. The molecule has 2 heterocycles. The first-order chi connectivity index (χ1) is 12.9. The molecule has 2 nitrogen and oxygen atoms in total. The van der Waals surface area contributed by atoms with E-state index in [1.807, 2.05) is 0 Å². The van der Waals surface area contributed by atoms with Crippen LogP contribution >= 0.6 is 0 Å². The molecule has 1 aliphatic carbocycles. The molecule has 0 radical (unpaired) electrons. The minimum Gasteiger partial charge on any atom is -1.00 e. The fourth-order valence-electron chi connectivity index (χ4n) is 4.16. The second-order valence-electron chi connectivity index (χ2n) is 6.71. The number of nitrogens with zero attached hydrogens (tertiary/aromatic N) is 2. The SMILES string of the molecule is [Br-].[Br-].c1cc[n+](C2c3ccccc3C([n+]3ccccc3)c3ccccc32)cc1. The van der Waals surface area contributed by atoms with Crippen LogP contribution in [0.2, 0.25) is 0 Å². The molecular weight excluding hydrogens is 476 g/mol. The Bertz CT molecular complexity index is 919. The summed E-state index contributed by atoms with van der Waals surface area (Å²) in [6, 6.07) is 30.6. The lowest BCUT2D eigenvalue weighted by Gasteiger charge is -2.28.